The van der Waals surface area contributed by atoms with Crippen LogP contribution in [0.2, 0.25) is 0 Å². The van der Waals surface area contributed by atoms with Gasteiger partial charge in [0.15, 0.2) is 0 Å². The molecule has 33 heavy (non-hydrogen) atoms. The molecule has 1 fully saturated rings. The minimum Gasteiger partial charge on any atom is -0.507 e. The van der Waals surface area contributed by atoms with E-state index in [0.29, 0.717) is 22.7 Å². The molecule has 1 aliphatic rings. The summed E-state index contributed by atoms with van der Waals surface area (Å²) in [7, 11) is 2.92. The van der Waals surface area contributed by atoms with Gasteiger partial charge in [-0.15, -0.1) is 0 Å². The lowest BCUT2D eigenvalue weighted by Gasteiger charge is -2.26. The Morgan fingerprint density at radius 1 is 0.970 bits per heavy atom. The molecule has 168 valence electrons. The van der Waals surface area contributed by atoms with Crippen molar-refractivity contribution in [3.05, 3.63) is 94.8 Å². The number of carbonyl (C=O) groups is 2. The number of nitrogens with zero attached hydrogens (tertiary/aromatic N) is 1. The SMILES string of the molecule is COc1ccc(OC)c(/C(O)=C2\C(=O)C(=O)N(c3ccc(F)cc3)C2c2cccc(C)c2)c1. The van der Waals surface area contributed by atoms with E-state index in [1.165, 1.54) is 49.5 Å². The molecule has 0 radical (unpaired) electrons. The number of aliphatic hydroxyl groups is 1. The summed E-state index contributed by atoms with van der Waals surface area (Å²) in [4.78, 5) is 27.7. The van der Waals surface area contributed by atoms with Crippen LogP contribution in [0.4, 0.5) is 10.1 Å². The molecule has 1 heterocycles. The van der Waals surface area contributed by atoms with Gasteiger partial charge in [-0.3, -0.25) is 14.5 Å². The fourth-order valence-corrected chi connectivity index (χ4v) is 4.00. The van der Waals surface area contributed by atoms with Crippen molar-refractivity contribution >= 4 is 23.1 Å². The quantitative estimate of drug-likeness (QED) is 0.346. The number of carbonyl (C=O) groups excluding carboxylic acids is 2. The van der Waals surface area contributed by atoms with Crippen molar-refractivity contribution in [2.45, 2.75) is 13.0 Å². The second kappa shape index (κ2) is 8.78. The molecule has 1 amide bonds. The lowest BCUT2D eigenvalue weighted by Crippen LogP contribution is -2.29. The Balaban J connectivity index is 1.99. The molecule has 0 aliphatic carbocycles. The first-order valence-electron chi connectivity index (χ1n) is 10.2. The maximum atomic E-state index is 13.6. The average molecular weight is 447 g/mol. The number of ketones is 1. The van der Waals surface area contributed by atoms with Crippen LogP contribution in [0.25, 0.3) is 5.76 Å². The van der Waals surface area contributed by atoms with Gasteiger partial charge >= 0.3 is 0 Å². The Hall–Kier alpha value is -4.13. The van der Waals surface area contributed by atoms with Crippen molar-refractivity contribution in [3.63, 3.8) is 0 Å². The standard InChI is InChI=1S/C26H22FNO5/c1-15-5-4-6-16(13-15)23-22(24(29)20-14-19(32-2)11-12-21(20)33-3)25(30)26(31)28(23)18-9-7-17(27)8-10-18/h4-14,23,29H,1-3H3/b24-22+. The predicted molar refractivity (Wildman–Crippen MR) is 122 cm³/mol. The molecule has 3 aromatic rings. The number of methoxy groups -OCH3 is 2. The first-order chi connectivity index (χ1) is 15.8. The highest BCUT2D eigenvalue weighted by molar-refractivity contribution is 6.51. The van der Waals surface area contributed by atoms with Crippen LogP contribution >= 0.6 is 0 Å². The molecule has 0 saturated carbocycles. The highest BCUT2D eigenvalue weighted by Gasteiger charge is 2.47. The highest BCUT2D eigenvalue weighted by Crippen LogP contribution is 2.43. The van der Waals surface area contributed by atoms with E-state index >= 15 is 0 Å². The Kier molecular flexibility index (Phi) is 5.87. The number of anilines is 1. The molecule has 1 aliphatic heterocycles. The second-order valence-electron chi connectivity index (χ2n) is 7.63. The van der Waals surface area contributed by atoms with E-state index in [-0.39, 0.29) is 16.9 Å². The predicted octanol–water partition coefficient (Wildman–Crippen LogP) is 4.78. The third-order valence-electron chi connectivity index (χ3n) is 5.57. The monoisotopic (exact) mass is 447 g/mol. The number of benzene rings is 3. The first kappa shape index (κ1) is 22.1. The van der Waals surface area contributed by atoms with Crippen molar-refractivity contribution in [1.29, 1.82) is 0 Å². The molecule has 1 saturated heterocycles. The number of hydrogen-bond acceptors (Lipinski definition) is 5. The molecule has 1 N–H and O–H groups in total. The summed E-state index contributed by atoms with van der Waals surface area (Å²) in [5.41, 5.74) is 1.99. The van der Waals surface area contributed by atoms with Gasteiger partial charge in [0.1, 0.15) is 23.1 Å². The zero-order valence-corrected chi connectivity index (χ0v) is 18.3. The van der Waals surface area contributed by atoms with Crippen molar-refractivity contribution in [3.8, 4) is 11.5 Å². The summed E-state index contributed by atoms with van der Waals surface area (Å²) >= 11 is 0. The van der Waals surface area contributed by atoms with Gasteiger partial charge in [-0.2, -0.15) is 0 Å². The second-order valence-corrected chi connectivity index (χ2v) is 7.63. The summed E-state index contributed by atoms with van der Waals surface area (Å²) in [6, 6.07) is 16.5. The van der Waals surface area contributed by atoms with Crippen LogP contribution in [0.3, 0.4) is 0 Å². The normalized spacial score (nSPS) is 17.3. The Bertz CT molecular complexity index is 1270. The fraction of sp³-hybridized carbons (Fsp3) is 0.154. The molecule has 1 unspecified atom stereocenters. The topological polar surface area (TPSA) is 76.1 Å². The lowest BCUT2D eigenvalue weighted by molar-refractivity contribution is -0.132. The molecule has 0 spiro atoms. The minimum atomic E-state index is -0.925. The van der Waals surface area contributed by atoms with E-state index in [9.17, 15) is 19.1 Å². The summed E-state index contributed by atoms with van der Waals surface area (Å²) in [5, 5.41) is 11.3. The third-order valence-corrected chi connectivity index (χ3v) is 5.57. The maximum absolute atomic E-state index is 13.6. The number of ether oxygens (including phenoxy) is 2. The summed E-state index contributed by atoms with van der Waals surface area (Å²) < 4.78 is 24.2. The van der Waals surface area contributed by atoms with E-state index in [4.69, 9.17) is 9.47 Å². The van der Waals surface area contributed by atoms with Crippen LogP contribution in [0.15, 0.2) is 72.3 Å². The number of amides is 1. The molecular weight excluding hydrogens is 425 g/mol. The molecule has 3 aromatic carbocycles. The van der Waals surface area contributed by atoms with Crippen molar-refractivity contribution in [2.75, 3.05) is 19.1 Å². The van der Waals surface area contributed by atoms with Gasteiger partial charge in [0, 0.05) is 5.69 Å². The summed E-state index contributed by atoms with van der Waals surface area (Å²) in [5.74, 6) is -1.78. The Morgan fingerprint density at radius 3 is 2.33 bits per heavy atom. The van der Waals surface area contributed by atoms with Crippen LogP contribution < -0.4 is 14.4 Å². The molecule has 6 nitrogen and oxygen atoms in total. The van der Waals surface area contributed by atoms with Gasteiger partial charge in [0.2, 0.25) is 0 Å². The third kappa shape index (κ3) is 3.93. The lowest BCUT2D eigenvalue weighted by atomic mass is 9.94. The zero-order chi connectivity index (χ0) is 23.7. The van der Waals surface area contributed by atoms with E-state index in [2.05, 4.69) is 0 Å². The van der Waals surface area contributed by atoms with Crippen molar-refractivity contribution in [2.24, 2.45) is 0 Å². The van der Waals surface area contributed by atoms with Crippen LogP contribution in [0.1, 0.15) is 22.7 Å². The molecule has 0 aromatic heterocycles. The van der Waals surface area contributed by atoms with Gasteiger partial charge in [0.05, 0.1) is 31.4 Å². The van der Waals surface area contributed by atoms with Gasteiger partial charge in [0.25, 0.3) is 11.7 Å². The van der Waals surface area contributed by atoms with Gasteiger partial charge in [-0.1, -0.05) is 29.8 Å². The number of hydrogen-bond donors (Lipinski definition) is 1. The molecular formula is C26H22FNO5. The molecule has 4 rings (SSSR count). The fourth-order valence-electron chi connectivity index (χ4n) is 4.00. The molecule has 0 bridgehead atoms. The number of aliphatic hydroxyl groups excluding tert-OH is 1. The first-order valence-corrected chi connectivity index (χ1v) is 10.2. The number of halogens is 1. The van der Waals surface area contributed by atoms with Crippen LogP contribution in [-0.4, -0.2) is 31.0 Å². The van der Waals surface area contributed by atoms with Gasteiger partial charge in [-0.05, 0) is 55.0 Å². The average Bonchev–Trinajstić information content (AvgIpc) is 3.09. The molecule has 1 atom stereocenters. The minimum absolute atomic E-state index is 0.0959. The van der Waals surface area contributed by atoms with E-state index in [1.54, 1.807) is 18.2 Å². The van der Waals surface area contributed by atoms with Crippen molar-refractivity contribution < 1.29 is 28.6 Å². The van der Waals surface area contributed by atoms with Gasteiger partial charge in [-0.25, -0.2) is 4.39 Å². The van der Waals surface area contributed by atoms with Crippen LogP contribution in [0.5, 0.6) is 11.5 Å². The Morgan fingerprint density at radius 2 is 1.70 bits per heavy atom. The van der Waals surface area contributed by atoms with Crippen LogP contribution in [-0.2, 0) is 9.59 Å². The number of aryl methyl sites for hydroxylation is 1. The maximum Gasteiger partial charge on any atom is 0.300 e. The smallest absolute Gasteiger partial charge is 0.300 e. The van der Waals surface area contributed by atoms with E-state index in [1.807, 2.05) is 25.1 Å². The number of Topliss-reactive ketones (excluding diaryl/α,β-unsaturated/α-hetero) is 1. The van der Waals surface area contributed by atoms with E-state index in [0.717, 1.165) is 5.56 Å². The van der Waals surface area contributed by atoms with Crippen molar-refractivity contribution in [1.82, 2.24) is 0 Å². The molecule has 7 heteroatoms. The summed E-state index contributed by atoms with van der Waals surface area (Å²) in [6.07, 6.45) is 0. The van der Waals surface area contributed by atoms with Gasteiger partial charge < -0.3 is 14.6 Å². The highest BCUT2D eigenvalue weighted by atomic mass is 19.1. The van der Waals surface area contributed by atoms with Crippen LogP contribution in [0, 0.1) is 12.7 Å². The Labute approximate surface area is 190 Å². The largest absolute Gasteiger partial charge is 0.507 e. The van der Waals surface area contributed by atoms with E-state index < -0.39 is 23.5 Å². The zero-order valence-electron chi connectivity index (χ0n) is 18.3. The summed E-state index contributed by atoms with van der Waals surface area (Å²) in [6.45, 7) is 1.89. The number of rotatable bonds is 5.